The Morgan fingerprint density at radius 3 is 2.87 bits per heavy atom. The summed E-state index contributed by atoms with van der Waals surface area (Å²) in [6, 6.07) is 0.213. The zero-order chi connectivity index (χ0) is 10.8. The van der Waals surface area contributed by atoms with E-state index in [0.717, 1.165) is 19.3 Å². The molecule has 2 rings (SSSR count). The lowest BCUT2D eigenvalue weighted by molar-refractivity contribution is 0.485. The zero-order valence-corrected chi connectivity index (χ0v) is 9.53. The zero-order valence-electron chi connectivity index (χ0n) is 9.53. The average molecular weight is 205 g/mol. The van der Waals surface area contributed by atoms with Crippen LogP contribution in [-0.4, -0.2) is 16.0 Å². The molecule has 15 heavy (non-hydrogen) atoms. The van der Waals surface area contributed by atoms with Gasteiger partial charge in [0.15, 0.2) is 0 Å². The molecular weight excluding hydrogens is 186 g/mol. The molecule has 0 fully saturated rings. The lowest BCUT2D eigenvalue weighted by atomic mass is 9.98. The lowest BCUT2D eigenvalue weighted by Crippen LogP contribution is -2.29. The van der Waals surface area contributed by atoms with Crippen molar-refractivity contribution in [3.8, 4) is 0 Å². The van der Waals surface area contributed by atoms with Gasteiger partial charge in [-0.25, -0.2) is 9.97 Å². The van der Waals surface area contributed by atoms with Crippen LogP contribution < -0.4 is 5.73 Å². The molecule has 1 aliphatic carbocycles. The fraction of sp³-hybridized carbons (Fsp3) is 0.667. The summed E-state index contributed by atoms with van der Waals surface area (Å²) in [6.07, 6.45) is 6.05. The van der Waals surface area contributed by atoms with Gasteiger partial charge in [0, 0.05) is 23.9 Å². The maximum atomic E-state index is 6.08. The molecule has 1 heterocycles. The van der Waals surface area contributed by atoms with Crippen molar-refractivity contribution in [1.82, 2.24) is 9.97 Å². The van der Waals surface area contributed by atoms with E-state index >= 15 is 0 Å². The topological polar surface area (TPSA) is 51.8 Å². The van der Waals surface area contributed by atoms with Crippen LogP contribution in [0.4, 0.5) is 0 Å². The van der Waals surface area contributed by atoms with Gasteiger partial charge in [0.25, 0.3) is 0 Å². The fourth-order valence-electron chi connectivity index (χ4n) is 2.06. The van der Waals surface area contributed by atoms with E-state index in [1.165, 1.54) is 23.4 Å². The molecule has 0 bridgehead atoms. The fourth-order valence-corrected chi connectivity index (χ4v) is 2.06. The predicted molar refractivity (Wildman–Crippen MR) is 60.6 cm³/mol. The molecule has 0 spiro atoms. The molecule has 1 aromatic rings. The van der Waals surface area contributed by atoms with E-state index in [2.05, 4.69) is 23.8 Å². The summed E-state index contributed by atoms with van der Waals surface area (Å²) in [5.74, 6) is 0.511. The van der Waals surface area contributed by atoms with Gasteiger partial charge in [0.1, 0.15) is 6.33 Å². The van der Waals surface area contributed by atoms with E-state index in [0.29, 0.717) is 5.92 Å². The van der Waals surface area contributed by atoms with E-state index in [4.69, 9.17) is 5.73 Å². The summed E-state index contributed by atoms with van der Waals surface area (Å²) >= 11 is 0. The van der Waals surface area contributed by atoms with Crippen molar-refractivity contribution in [2.75, 3.05) is 0 Å². The first-order valence-corrected chi connectivity index (χ1v) is 5.75. The minimum atomic E-state index is 0.213. The van der Waals surface area contributed by atoms with Crippen LogP contribution in [0.3, 0.4) is 0 Å². The van der Waals surface area contributed by atoms with E-state index in [9.17, 15) is 0 Å². The van der Waals surface area contributed by atoms with Crippen molar-refractivity contribution in [2.45, 2.75) is 45.6 Å². The Labute approximate surface area is 91.1 Å². The van der Waals surface area contributed by atoms with Gasteiger partial charge in [0.05, 0.1) is 0 Å². The number of fused-ring (bicyclic) bond motifs is 1. The first kappa shape index (κ1) is 10.6. The highest BCUT2D eigenvalue weighted by Crippen LogP contribution is 2.23. The van der Waals surface area contributed by atoms with Gasteiger partial charge < -0.3 is 5.73 Å². The Morgan fingerprint density at radius 2 is 2.13 bits per heavy atom. The quantitative estimate of drug-likeness (QED) is 0.813. The predicted octanol–water partition coefficient (Wildman–Crippen LogP) is 1.49. The van der Waals surface area contributed by atoms with Crippen molar-refractivity contribution in [1.29, 1.82) is 0 Å². The number of aryl methyl sites for hydroxylation is 1. The van der Waals surface area contributed by atoms with Gasteiger partial charge in [0.2, 0.25) is 0 Å². The second-order valence-electron chi connectivity index (χ2n) is 4.71. The molecule has 0 aromatic carbocycles. The molecule has 1 unspecified atom stereocenters. The molecule has 3 heteroatoms. The monoisotopic (exact) mass is 205 g/mol. The number of rotatable bonds is 3. The molecule has 2 N–H and O–H groups in total. The third-order valence-electron chi connectivity index (χ3n) is 3.25. The van der Waals surface area contributed by atoms with Gasteiger partial charge in [-0.15, -0.1) is 0 Å². The number of nitrogens with zero attached hydrogens (tertiary/aromatic N) is 2. The molecule has 0 aliphatic heterocycles. The number of nitrogens with two attached hydrogens (primary N) is 1. The highest BCUT2D eigenvalue weighted by Gasteiger charge is 2.19. The largest absolute Gasteiger partial charge is 0.327 e. The van der Waals surface area contributed by atoms with Crippen LogP contribution >= 0.6 is 0 Å². The summed E-state index contributed by atoms with van der Waals surface area (Å²) in [5, 5.41) is 0. The van der Waals surface area contributed by atoms with Crippen LogP contribution in [0.1, 0.15) is 37.2 Å². The first-order valence-electron chi connectivity index (χ1n) is 5.75. The molecule has 3 nitrogen and oxygen atoms in total. The van der Waals surface area contributed by atoms with Crippen molar-refractivity contribution in [3.63, 3.8) is 0 Å². The van der Waals surface area contributed by atoms with Crippen molar-refractivity contribution < 1.29 is 0 Å². The molecule has 0 radical (unpaired) electrons. The van der Waals surface area contributed by atoms with Crippen molar-refractivity contribution >= 4 is 0 Å². The van der Waals surface area contributed by atoms with Crippen molar-refractivity contribution in [2.24, 2.45) is 11.7 Å². The Bertz CT molecular complexity index is 347. The summed E-state index contributed by atoms with van der Waals surface area (Å²) in [7, 11) is 0. The molecule has 0 saturated carbocycles. The standard InChI is InChI=1S/C12H19N3/c1-8(2)10(13)6-12-9-4-3-5-11(9)14-7-15-12/h7-8,10H,3-6,13H2,1-2H3. The second kappa shape index (κ2) is 4.27. The maximum Gasteiger partial charge on any atom is 0.115 e. The maximum absolute atomic E-state index is 6.08. The van der Waals surface area contributed by atoms with Gasteiger partial charge >= 0.3 is 0 Å². The minimum Gasteiger partial charge on any atom is -0.327 e. The highest BCUT2D eigenvalue weighted by atomic mass is 14.9. The Morgan fingerprint density at radius 1 is 1.33 bits per heavy atom. The summed E-state index contributed by atoms with van der Waals surface area (Å²) in [4.78, 5) is 8.70. The normalized spacial score (nSPS) is 16.8. The van der Waals surface area contributed by atoms with Gasteiger partial charge in [-0.3, -0.25) is 0 Å². The molecule has 1 aliphatic rings. The van der Waals surface area contributed by atoms with Gasteiger partial charge in [-0.2, -0.15) is 0 Å². The Kier molecular flexibility index (Phi) is 3.00. The minimum absolute atomic E-state index is 0.213. The summed E-state index contributed by atoms with van der Waals surface area (Å²) in [6.45, 7) is 4.32. The lowest BCUT2D eigenvalue weighted by Gasteiger charge is -2.16. The van der Waals surface area contributed by atoms with Gasteiger partial charge in [-0.05, 0) is 30.7 Å². The Balaban J connectivity index is 2.19. The van der Waals surface area contributed by atoms with Crippen LogP contribution in [-0.2, 0) is 19.3 Å². The number of hydrogen-bond acceptors (Lipinski definition) is 3. The summed E-state index contributed by atoms with van der Waals surface area (Å²) < 4.78 is 0. The van der Waals surface area contributed by atoms with Crippen LogP contribution in [0.25, 0.3) is 0 Å². The molecule has 1 atom stereocenters. The number of hydrogen-bond donors (Lipinski definition) is 1. The van der Waals surface area contributed by atoms with E-state index in [1.807, 2.05) is 0 Å². The van der Waals surface area contributed by atoms with Crippen molar-refractivity contribution in [3.05, 3.63) is 23.3 Å². The van der Waals surface area contributed by atoms with Crippen LogP contribution in [0, 0.1) is 5.92 Å². The SMILES string of the molecule is CC(C)C(N)Cc1ncnc2c1CCC2. The van der Waals surface area contributed by atoms with Crippen LogP contribution in [0.15, 0.2) is 6.33 Å². The van der Waals surface area contributed by atoms with Gasteiger partial charge in [-0.1, -0.05) is 13.8 Å². The third kappa shape index (κ3) is 2.17. The molecule has 82 valence electrons. The molecule has 0 amide bonds. The van der Waals surface area contributed by atoms with E-state index in [1.54, 1.807) is 6.33 Å². The molecule has 0 saturated heterocycles. The van der Waals surface area contributed by atoms with E-state index < -0.39 is 0 Å². The highest BCUT2D eigenvalue weighted by molar-refractivity contribution is 5.29. The Hall–Kier alpha value is -0.960. The second-order valence-corrected chi connectivity index (χ2v) is 4.71. The smallest absolute Gasteiger partial charge is 0.115 e. The average Bonchev–Trinajstić information content (AvgIpc) is 2.66. The summed E-state index contributed by atoms with van der Waals surface area (Å²) in [5.41, 5.74) is 9.88. The first-order chi connectivity index (χ1) is 7.18. The van der Waals surface area contributed by atoms with E-state index in [-0.39, 0.29) is 6.04 Å². The molecular formula is C12H19N3. The third-order valence-corrected chi connectivity index (χ3v) is 3.25. The molecule has 1 aromatic heterocycles. The van der Waals surface area contributed by atoms with Crippen LogP contribution in [0.2, 0.25) is 0 Å². The number of aromatic nitrogens is 2. The van der Waals surface area contributed by atoms with Crippen LogP contribution in [0.5, 0.6) is 0 Å².